The lowest BCUT2D eigenvalue weighted by Crippen LogP contribution is -2.06. The lowest BCUT2D eigenvalue weighted by molar-refractivity contribution is 0.0469. The number of para-hydroxylation sites is 1. The highest BCUT2D eigenvalue weighted by atomic mass is 35.5. The molecule has 4 heteroatoms. The van der Waals surface area contributed by atoms with Crippen LogP contribution in [0.15, 0.2) is 42.5 Å². The molecule has 2 rings (SSSR count). The van der Waals surface area contributed by atoms with E-state index < -0.39 is 5.97 Å². The molecule has 0 bridgehead atoms. The Labute approximate surface area is 116 Å². The standard InChI is InChI=1S/C15H13ClO3/c1-10-4-2-7-13(14(10)17)15(18)19-9-11-5-3-6-12(16)8-11/h2-8,17H,9H2,1H3. The molecule has 0 spiro atoms. The molecule has 0 fully saturated rings. The monoisotopic (exact) mass is 276 g/mol. The van der Waals surface area contributed by atoms with E-state index in [0.29, 0.717) is 10.6 Å². The fourth-order valence-corrected chi connectivity index (χ4v) is 1.89. The van der Waals surface area contributed by atoms with Crippen LogP contribution in [0.3, 0.4) is 0 Å². The van der Waals surface area contributed by atoms with Gasteiger partial charge in [-0.1, -0.05) is 35.9 Å². The Morgan fingerprint density at radius 2 is 2.00 bits per heavy atom. The van der Waals surface area contributed by atoms with Crippen molar-refractivity contribution in [1.82, 2.24) is 0 Å². The zero-order valence-electron chi connectivity index (χ0n) is 10.4. The summed E-state index contributed by atoms with van der Waals surface area (Å²) in [5.41, 5.74) is 1.60. The molecule has 2 aromatic carbocycles. The first-order chi connectivity index (χ1) is 9.08. The number of carbonyl (C=O) groups is 1. The smallest absolute Gasteiger partial charge is 0.342 e. The van der Waals surface area contributed by atoms with Crippen molar-refractivity contribution < 1.29 is 14.6 Å². The van der Waals surface area contributed by atoms with Gasteiger partial charge in [0.05, 0.1) is 0 Å². The lowest BCUT2D eigenvalue weighted by Gasteiger charge is -2.08. The molecule has 0 heterocycles. The lowest BCUT2D eigenvalue weighted by atomic mass is 10.1. The van der Waals surface area contributed by atoms with Crippen LogP contribution in [0.1, 0.15) is 21.5 Å². The summed E-state index contributed by atoms with van der Waals surface area (Å²) in [6.07, 6.45) is 0. The van der Waals surface area contributed by atoms with Crippen LogP contribution in [0.4, 0.5) is 0 Å². The van der Waals surface area contributed by atoms with Crippen molar-refractivity contribution in [3.63, 3.8) is 0 Å². The molecule has 0 amide bonds. The third kappa shape index (κ3) is 3.26. The molecule has 0 radical (unpaired) electrons. The van der Waals surface area contributed by atoms with Gasteiger partial charge in [0.15, 0.2) is 0 Å². The Kier molecular flexibility index (Phi) is 4.07. The number of carbonyl (C=O) groups excluding carboxylic acids is 1. The molecular formula is C15H13ClO3. The minimum atomic E-state index is -0.554. The Bertz CT molecular complexity index is 608. The van der Waals surface area contributed by atoms with Gasteiger partial charge in [-0.25, -0.2) is 4.79 Å². The Morgan fingerprint density at radius 1 is 1.26 bits per heavy atom. The summed E-state index contributed by atoms with van der Waals surface area (Å²) in [5.74, 6) is -0.597. The van der Waals surface area contributed by atoms with E-state index in [1.54, 1.807) is 37.3 Å². The number of phenolic OH excluding ortho intramolecular Hbond substituents is 1. The summed E-state index contributed by atoms with van der Waals surface area (Å²) in [4.78, 5) is 11.9. The highest BCUT2D eigenvalue weighted by Crippen LogP contribution is 2.22. The van der Waals surface area contributed by atoms with Gasteiger partial charge in [-0.3, -0.25) is 0 Å². The number of phenols is 1. The fourth-order valence-electron chi connectivity index (χ4n) is 1.68. The van der Waals surface area contributed by atoms with Crippen LogP contribution in [0.5, 0.6) is 5.75 Å². The van der Waals surface area contributed by atoms with Crippen LogP contribution in [0.2, 0.25) is 5.02 Å². The van der Waals surface area contributed by atoms with Crippen LogP contribution in [0.25, 0.3) is 0 Å². The Hall–Kier alpha value is -2.00. The van der Waals surface area contributed by atoms with Crippen molar-refractivity contribution in [3.05, 3.63) is 64.2 Å². The largest absolute Gasteiger partial charge is 0.507 e. The maximum atomic E-state index is 11.9. The second-order valence-corrected chi connectivity index (χ2v) is 4.61. The topological polar surface area (TPSA) is 46.5 Å². The third-order valence-electron chi connectivity index (χ3n) is 2.72. The SMILES string of the molecule is Cc1cccc(C(=O)OCc2cccc(Cl)c2)c1O. The number of esters is 1. The summed E-state index contributed by atoms with van der Waals surface area (Å²) in [5, 5.41) is 10.4. The zero-order valence-corrected chi connectivity index (χ0v) is 11.1. The van der Waals surface area contributed by atoms with Gasteiger partial charge in [0.1, 0.15) is 17.9 Å². The van der Waals surface area contributed by atoms with Crippen LogP contribution >= 0.6 is 11.6 Å². The number of hydrogen-bond acceptors (Lipinski definition) is 3. The number of aryl methyl sites for hydroxylation is 1. The average Bonchev–Trinajstić information content (AvgIpc) is 2.39. The first-order valence-electron chi connectivity index (χ1n) is 5.78. The van der Waals surface area contributed by atoms with E-state index in [4.69, 9.17) is 16.3 Å². The van der Waals surface area contributed by atoms with Crippen molar-refractivity contribution in [3.8, 4) is 5.75 Å². The molecular weight excluding hydrogens is 264 g/mol. The van der Waals surface area contributed by atoms with Crippen LogP contribution in [0, 0.1) is 6.92 Å². The number of aromatic hydroxyl groups is 1. The predicted molar refractivity (Wildman–Crippen MR) is 73.4 cm³/mol. The summed E-state index contributed by atoms with van der Waals surface area (Å²) in [6, 6.07) is 12.0. The van der Waals surface area contributed by atoms with Gasteiger partial charge in [0.2, 0.25) is 0 Å². The predicted octanol–water partition coefficient (Wildman–Crippen LogP) is 3.71. The van der Waals surface area contributed by atoms with Gasteiger partial charge in [-0.15, -0.1) is 0 Å². The first-order valence-corrected chi connectivity index (χ1v) is 6.16. The molecule has 19 heavy (non-hydrogen) atoms. The van der Waals surface area contributed by atoms with Crippen molar-refractivity contribution in [2.45, 2.75) is 13.5 Å². The van der Waals surface area contributed by atoms with E-state index in [1.165, 1.54) is 6.07 Å². The minimum Gasteiger partial charge on any atom is -0.507 e. The Morgan fingerprint density at radius 3 is 2.74 bits per heavy atom. The van der Waals surface area contributed by atoms with E-state index >= 15 is 0 Å². The van der Waals surface area contributed by atoms with Gasteiger partial charge in [0.25, 0.3) is 0 Å². The zero-order chi connectivity index (χ0) is 13.8. The van der Waals surface area contributed by atoms with Crippen molar-refractivity contribution >= 4 is 17.6 Å². The molecule has 0 unspecified atom stereocenters. The summed E-state index contributed by atoms with van der Waals surface area (Å²) in [7, 11) is 0. The van der Waals surface area contributed by atoms with Crippen molar-refractivity contribution in [2.75, 3.05) is 0 Å². The van der Waals surface area contributed by atoms with Gasteiger partial charge < -0.3 is 9.84 Å². The highest BCUT2D eigenvalue weighted by molar-refractivity contribution is 6.30. The van der Waals surface area contributed by atoms with Crippen molar-refractivity contribution in [1.29, 1.82) is 0 Å². The summed E-state index contributed by atoms with van der Waals surface area (Å²) < 4.78 is 5.15. The van der Waals surface area contributed by atoms with Crippen LogP contribution in [-0.4, -0.2) is 11.1 Å². The molecule has 98 valence electrons. The molecule has 3 nitrogen and oxygen atoms in total. The fraction of sp³-hybridized carbons (Fsp3) is 0.133. The molecule has 0 saturated heterocycles. The normalized spacial score (nSPS) is 10.2. The van der Waals surface area contributed by atoms with E-state index in [1.807, 2.05) is 6.07 Å². The summed E-state index contributed by atoms with van der Waals surface area (Å²) >= 11 is 5.84. The first kappa shape index (κ1) is 13.4. The number of hydrogen-bond donors (Lipinski definition) is 1. The molecule has 0 saturated carbocycles. The Balaban J connectivity index is 2.08. The van der Waals surface area contributed by atoms with Gasteiger partial charge in [-0.2, -0.15) is 0 Å². The van der Waals surface area contributed by atoms with Crippen molar-refractivity contribution in [2.24, 2.45) is 0 Å². The van der Waals surface area contributed by atoms with E-state index in [2.05, 4.69) is 0 Å². The second-order valence-electron chi connectivity index (χ2n) is 4.18. The van der Waals surface area contributed by atoms with Gasteiger partial charge in [0, 0.05) is 5.02 Å². The van der Waals surface area contributed by atoms with E-state index in [0.717, 1.165) is 5.56 Å². The van der Waals surface area contributed by atoms with Crippen LogP contribution < -0.4 is 0 Å². The average molecular weight is 277 g/mol. The van der Waals surface area contributed by atoms with Gasteiger partial charge in [-0.05, 0) is 36.2 Å². The molecule has 0 aliphatic heterocycles. The van der Waals surface area contributed by atoms with E-state index in [-0.39, 0.29) is 17.9 Å². The molecule has 1 N–H and O–H groups in total. The minimum absolute atomic E-state index is 0.0430. The number of ether oxygens (including phenoxy) is 1. The number of benzene rings is 2. The maximum Gasteiger partial charge on any atom is 0.342 e. The number of rotatable bonds is 3. The molecule has 0 aliphatic rings. The van der Waals surface area contributed by atoms with E-state index in [9.17, 15) is 9.90 Å². The summed E-state index contributed by atoms with van der Waals surface area (Å²) in [6.45, 7) is 1.84. The van der Waals surface area contributed by atoms with Crippen LogP contribution in [-0.2, 0) is 11.3 Å². The second kappa shape index (κ2) is 5.76. The molecule has 0 aliphatic carbocycles. The van der Waals surface area contributed by atoms with Gasteiger partial charge >= 0.3 is 5.97 Å². The maximum absolute atomic E-state index is 11.9. The third-order valence-corrected chi connectivity index (χ3v) is 2.95. The molecule has 0 atom stereocenters. The molecule has 2 aromatic rings. The highest BCUT2D eigenvalue weighted by Gasteiger charge is 2.13. The number of halogens is 1. The quantitative estimate of drug-likeness (QED) is 0.869. The molecule has 0 aromatic heterocycles.